The third-order valence-corrected chi connectivity index (χ3v) is 1.97. The van der Waals surface area contributed by atoms with Crippen LogP contribution in [0, 0.1) is 23.7 Å². The topological polar surface area (TPSA) is 45.0 Å². The Morgan fingerprint density at radius 2 is 2.27 bits per heavy atom. The summed E-state index contributed by atoms with van der Waals surface area (Å²) >= 11 is 0. The highest BCUT2D eigenvalue weighted by Gasteiger charge is 2.05. The van der Waals surface area contributed by atoms with E-state index in [9.17, 15) is 0 Å². The first-order chi connectivity index (χ1) is 7.21. The second-order valence-corrected chi connectivity index (χ2v) is 3.06. The van der Waals surface area contributed by atoms with Crippen LogP contribution in [0.1, 0.15) is 12.5 Å². The minimum absolute atomic E-state index is 0.121. The maximum absolute atomic E-state index is 8.89. The van der Waals surface area contributed by atoms with Crippen molar-refractivity contribution in [3.8, 4) is 24.2 Å². The number of nitrogens with one attached hydrogen (secondary N) is 1. The fourth-order valence-corrected chi connectivity index (χ4v) is 1.14. The van der Waals surface area contributed by atoms with Crippen LogP contribution in [0.25, 0.3) is 0 Å². The van der Waals surface area contributed by atoms with Crippen molar-refractivity contribution in [1.82, 2.24) is 0 Å². The molecular weight excluding hydrogens is 188 g/mol. The third-order valence-electron chi connectivity index (χ3n) is 1.97. The summed E-state index contributed by atoms with van der Waals surface area (Å²) in [6.07, 6.45) is 5.26. The molecule has 0 saturated carbocycles. The second-order valence-electron chi connectivity index (χ2n) is 3.06. The van der Waals surface area contributed by atoms with Gasteiger partial charge >= 0.3 is 0 Å². The number of nitriles is 1. The molecule has 15 heavy (non-hydrogen) atoms. The van der Waals surface area contributed by atoms with E-state index in [2.05, 4.69) is 17.3 Å². The maximum Gasteiger partial charge on any atom is 0.121 e. The van der Waals surface area contributed by atoms with E-state index in [1.165, 1.54) is 0 Å². The van der Waals surface area contributed by atoms with Crippen LogP contribution in [-0.4, -0.2) is 13.2 Å². The Hall–Kier alpha value is -2.13. The fourth-order valence-electron chi connectivity index (χ4n) is 1.14. The molecule has 0 bridgehead atoms. The first-order valence-corrected chi connectivity index (χ1v) is 4.52. The molecule has 3 heteroatoms. The van der Waals surface area contributed by atoms with Crippen molar-refractivity contribution in [3.05, 3.63) is 23.8 Å². The average Bonchev–Trinajstić information content (AvgIpc) is 2.28. The summed E-state index contributed by atoms with van der Waals surface area (Å²) in [5, 5.41) is 11.9. The van der Waals surface area contributed by atoms with Gasteiger partial charge in [0.1, 0.15) is 11.8 Å². The van der Waals surface area contributed by atoms with Gasteiger partial charge in [-0.1, -0.05) is 5.92 Å². The lowest BCUT2D eigenvalue weighted by Gasteiger charge is -2.11. The van der Waals surface area contributed by atoms with Gasteiger partial charge in [0, 0.05) is 6.07 Å². The van der Waals surface area contributed by atoms with Gasteiger partial charge in [0.25, 0.3) is 0 Å². The van der Waals surface area contributed by atoms with Gasteiger partial charge in [0.05, 0.1) is 24.4 Å². The summed E-state index contributed by atoms with van der Waals surface area (Å²) in [4.78, 5) is 0. The van der Waals surface area contributed by atoms with Crippen LogP contribution >= 0.6 is 0 Å². The van der Waals surface area contributed by atoms with Crippen LogP contribution in [0.15, 0.2) is 18.2 Å². The van der Waals surface area contributed by atoms with Gasteiger partial charge in [-0.3, -0.25) is 0 Å². The Morgan fingerprint density at radius 1 is 1.53 bits per heavy atom. The molecule has 1 rings (SSSR count). The van der Waals surface area contributed by atoms with E-state index in [4.69, 9.17) is 16.4 Å². The molecule has 0 aliphatic rings. The lowest BCUT2D eigenvalue weighted by Crippen LogP contribution is -2.13. The Kier molecular flexibility index (Phi) is 3.60. The van der Waals surface area contributed by atoms with Gasteiger partial charge in [-0.2, -0.15) is 5.26 Å². The molecule has 1 atom stereocenters. The fraction of sp³-hybridized carbons (Fsp3) is 0.250. The van der Waals surface area contributed by atoms with Crippen LogP contribution in [0.5, 0.6) is 5.75 Å². The Morgan fingerprint density at radius 3 is 2.80 bits per heavy atom. The zero-order valence-electron chi connectivity index (χ0n) is 8.74. The molecule has 0 saturated heterocycles. The first kappa shape index (κ1) is 10.9. The molecule has 1 aromatic rings. The van der Waals surface area contributed by atoms with Crippen LogP contribution in [0.2, 0.25) is 0 Å². The van der Waals surface area contributed by atoms with Gasteiger partial charge < -0.3 is 10.1 Å². The third kappa shape index (κ3) is 2.65. The molecule has 76 valence electrons. The normalized spacial score (nSPS) is 10.9. The summed E-state index contributed by atoms with van der Waals surface area (Å²) in [7, 11) is 1.58. The standard InChI is InChI=1S/C12H12N2O/c1-4-9(2)14-12-7-11(15-3)6-5-10(12)8-13/h1,5-7,9,14H,2-3H3. The minimum Gasteiger partial charge on any atom is -0.497 e. The number of ether oxygens (including phenoxy) is 1. The maximum atomic E-state index is 8.89. The quantitative estimate of drug-likeness (QED) is 0.759. The van der Waals surface area contributed by atoms with E-state index < -0.39 is 0 Å². The summed E-state index contributed by atoms with van der Waals surface area (Å²) in [5.74, 6) is 3.24. The summed E-state index contributed by atoms with van der Waals surface area (Å²) < 4.78 is 5.07. The van der Waals surface area contributed by atoms with Gasteiger partial charge in [-0.05, 0) is 19.1 Å². The molecular formula is C12H12N2O. The molecule has 0 amide bonds. The molecule has 0 radical (unpaired) electrons. The zero-order chi connectivity index (χ0) is 11.3. The molecule has 1 unspecified atom stereocenters. The Balaban J connectivity index is 3.03. The number of nitrogens with zero attached hydrogens (tertiary/aromatic N) is 1. The van der Waals surface area contributed by atoms with E-state index >= 15 is 0 Å². The molecule has 0 fully saturated rings. The van der Waals surface area contributed by atoms with Crippen molar-refractivity contribution in [3.63, 3.8) is 0 Å². The molecule has 0 heterocycles. The molecule has 0 spiro atoms. The molecule has 1 N–H and O–H groups in total. The molecule has 0 aliphatic heterocycles. The molecule has 1 aromatic carbocycles. The van der Waals surface area contributed by atoms with E-state index in [-0.39, 0.29) is 6.04 Å². The van der Waals surface area contributed by atoms with Crippen LogP contribution < -0.4 is 10.1 Å². The summed E-state index contributed by atoms with van der Waals surface area (Å²) in [6.45, 7) is 1.85. The number of terminal acetylenes is 1. The van der Waals surface area contributed by atoms with Crippen LogP contribution in [0.4, 0.5) is 5.69 Å². The Labute approximate surface area is 89.7 Å². The smallest absolute Gasteiger partial charge is 0.121 e. The average molecular weight is 200 g/mol. The lowest BCUT2D eigenvalue weighted by atomic mass is 10.1. The number of benzene rings is 1. The second kappa shape index (κ2) is 4.93. The predicted molar refractivity (Wildman–Crippen MR) is 59.6 cm³/mol. The van der Waals surface area contributed by atoms with Gasteiger partial charge in [0.2, 0.25) is 0 Å². The molecule has 0 aliphatic carbocycles. The van der Waals surface area contributed by atoms with Gasteiger partial charge in [-0.15, -0.1) is 6.42 Å². The minimum atomic E-state index is -0.121. The summed E-state index contributed by atoms with van der Waals surface area (Å²) in [5.41, 5.74) is 1.25. The van der Waals surface area contributed by atoms with E-state index in [0.717, 1.165) is 0 Å². The monoisotopic (exact) mass is 200 g/mol. The van der Waals surface area contributed by atoms with Crippen molar-refractivity contribution in [1.29, 1.82) is 5.26 Å². The van der Waals surface area contributed by atoms with Gasteiger partial charge in [-0.25, -0.2) is 0 Å². The largest absolute Gasteiger partial charge is 0.497 e. The van der Waals surface area contributed by atoms with E-state index in [1.807, 2.05) is 6.92 Å². The number of methoxy groups -OCH3 is 1. The predicted octanol–water partition coefficient (Wildman–Crippen LogP) is 2.00. The highest BCUT2D eigenvalue weighted by molar-refractivity contribution is 5.61. The van der Waals surface area contributed by atoms with Crippen molar-refractivity contribution in [2.75, 3.05) is 12.4 Å². The summed E-state index contributed by atoms with van der Waals surface area (Å²) in [6, 6.07) is 7.16. The number of anilines is 1. The van der Waals surface area contributed by atoms with Crippen LogP contribution in [-0.2, 0) is 0 Å². The van der Waals surface area contributed by atoms with E-state index in [0.29, 0.717) is 17.0 Å². The number of hydrogen-bond acceptors (Lipinski definition) is 3. The zero-order valence-corrected chi connectivity index (χ0v) is 8.74. The Bertz CT molecular complexity index is 426. The number of hydrogen-bond donors (Lipinski definition) is 1. The highest BCUT2D eigenvalue weighted by atomic mass is 16.5. The molecule has 0 aromatic heterocycles. The van der Waals surface area contributed by atoms with Gasteiger partial charge in [0.15, 0.2) is 0 Å². The van der Waals surface area contributed by atoms with Crippen LogP contribution in [0.3, 0.4) is 0 Å². The van der Waals surface area contributed by atoms with Crippen molar-refractivity contribution >= 4 is 5.69 Å². The molecule has 3 nitrogen and oxygen atoms in total. The van der Waals surface area contributed by atoms with E-state index in [1.54, 1.807) is 25.3 Å². The lowest BCUT2D eigenvalue weighted by molar-refractivity contribution is 0.415. The van der Waals surface area contributed by atoms with Crippen molar-refractivity contribution in [2.45, 2.75) is 13.0 Å². The van der Waals surface area contributed by atoms with Crippen molar-refractivity contribution in [2.24, 2.45) is 0 Å². The first-order valence-electron chi connectivity index (χ1n) is 4.52. The highest BCUT2D eigenvalue weighted by Crippen LogP contribution is 2.22. The van der Waals surface area contributed by atoms with Crippen molar-refractivity contribution < 1.29 is 4.74 Å². The number of rotatable bonds is 3. The SMILES string of the molecule is C#CC(C)Nc1cc(OC)ccc1C#N.